The van der Waals surface area contributed by atoms with Gasteiger partial charge in [-0.15, -0.1) is 0 Å². The maximum Gasteiger partial charge on any atom is 0.130 e. The fourth-order valence-corrected chi connectivity index (χ4v) is 2.03. The zero-order valence-electron chi connectivity index (χ0n) is 7.71. The van der Waals surface area contributed by atoms with Crippen LogP contribution in [0.2, 0.25) is 0 Å². The van der Waals surface area contributed by atoms with Gasteiger partial charge in [0.2, 0.25) is 0 Å². The summed E-state index contributed by atoms with van der Waals surface area (Å²) < 4.78 is 1.00. The van der Waals surface area contributed by atoms with Gasteiger partial charge in [-0.05, 0) is 19.1 Å². The van der Waals surface area contributed by atoms with Crippen molar-refractivity contribution in [3.63, 3.8) is 0 Å². The standard InChI is InChI=1S/C10H11BrN2O/c1-5-4-7-8(11)3-2-6(10(12)14)9(7)13-5/h2-4,10,13-14H,12H2,1H3. The van der Waals surface area contributed by atoms with E-state index in [2.05, 4.69) is 20.9 Å². The zero-order valence-corrected chi connectivity index (χ0v) is 9.30. The Bertz CT molecular complexity index is 476. The van der Waals surface area contributed by atoms with Crippen LogP contribution < -0.4 is 5.73 Å². The second kappa shape index (κ2) is 3.38. The van der Waals surface area contributed by atoms with Crippen molar-refractivity contribution in [3.05, 3.63) is 33.9 Å². The summed E-state index contributed by atoms with van der Waals surface area (Å²) in [6, 6.07) is 5.72. The maximum atomic E-state index is 9.36. The average Bonchev–Trinajstić information content (AvgIpc) is 2.47. The molecule has 0 spiro atoms. The van der Waals surface area contributed by atoms with E-state index in [0.29, 0.717) is 0 Å². The number of aryl methyl sites for hydroxylation is 1. The van der Waals surface area contributed by atoms with Crippen molar-refractivity contribution in [1.82, 2.24) is 4.98 Å². The van der Waals surface area contributed by atoms with E-state index in [1.165, 1.54) is 0 Å². The highest BCUT2D eigenvalue weighted by molar-refractivity contribution is 9.10. The number of hydrogen-bond acceptors (Lipinski definition) is 2. The van der Waals surface area contributed by atoms with Crippen LogP contribution in [-0.2, 0) is 0 Å². The molecule has 0 radical (unpaired) electrons. The topological polar surface area (TPSA) is 62.0 Å². The summed E-state index contributed by atoms with van der Waals surface area (Å²) in [5.41, 5.74) is 8.12. The van der Waals surface area contributed by atoms with Crippen LogP contribution in [0, 0.1) is 6.92 Å². The number of aliphatic hydroxyl groups excluding tert-OH is 1. The zero-order chi connectivity index (χ0) is 10.3. The molecule has 1 unspecified atom stereocenters. The molecule has 0 saturated carbocycles. The summed E-state index contributed by atoms with van der Waals surface area (Å²) in [5, 5.41) is 10.4. The van der Waals surface area contributed by atoms with Crippen molar-refractivity contribution in [1.29, 1.82) is 0 Å². The van der Waals surface area contributed by atoms with Crippen molar-refractivity contribution >= 4 is 26.8 Å². The molecule has 0 aliphatic heterocycles. The third-order valence-electron chi connectivity index (χ3n) is 2.23. The molecule has 0 amide bonds. The molecule has 4 heteroatoms. The van der Waals surface area contributed by atoms with Crippen LogP contribution in [-0.4, -0.2) is 10.1 Å². The van der Waals surface area contributed by atoms with Crippen molar-refractivity contribution in [2.75, 3.05) is 0 Å². The molecule has 14 heavy (non-hydrogen) atoms. The second-order valence-corrected chi connectivity index (χ2v) is 4.18. The number of nitrogens with one attached hydrogen (secondary N) is 1. The van der Waals surface area contributed by atoms with Crippen LogP contribution >= 0.6 is 15.9 Å². The number of aliphatic hydroxyl groups is 1. The van der Waals surface area contributed by atoms with Crippen LogP contribution in [0.3, 0.4) is 0 Å². The number of benzene rings is 1. The highest BCUT2D eigenvalue weighted by Crippen LogP contribution is 2.29. The lowest BCUT2D eigenvalue weighted by Crippen LogP contribution is -2.08. The van der Waals surface area contributed by atoms with Gasteiger partial charge in [-0.2, -0.15) is 0 Å². The SMILES string of the molecule is Cc1cc2c(Br)ccc(C(N)O)c2[nH]1. The molecule has 3 nitrogen and oxygen atoms in total. The van der Waals surface area contributed by atoms with Gasteiger partial charge < -0.3 is 15.8 Å². The summed E-state index contributed by atoms with van der Waals surface area (Å²) in [7, 11) is 0. The van der Waals surface area contributed by atoms with E-state index in [1.807, 2.05) is 25.1 Å². The summed E-state index contributed by atoms with van der Waals surface area (Å²) >= 11 is 3.45. The molecule has 74 valence electrons. The van der Waals surface area contributed by atoms with Crippen molar-refractivity contribution in [3.8, 4) is 0 Å². The monoisotopic (exact) mass is 254 g/mol. The molecule has 1 heterocycles. The normalized spacial score (nSPS) is 13.4. The first kappa shape index (κ1) is 9.71. The Kier molecular flexibility index (Phi) is 2.34. The number of H-pyrrole nitrogens is 1. The third-order valence-corrected chi connectivity index (χ3v) is 2.92. The first-order valence-corrected chi connectivity index (χ1v) is 5.10. The number of aromatic nitrogens is 1. The van der Waals surface area contributed by atoms with Gasteiger partial charge in [-0.25, -0.2) is 0 Å². The van der Waals surface area contributed by atoms with Gasteiger partial charge in [0.25, 0.3) is 0 Å². The number of nitrogens with two attached hydrogens (primary N) is 1. The van der Waals surface area contributed by atoms with Gasteiger partial charge in [0, 0.05) is 21.1 Å². The minimum atomic E-state index is -0.941. The molecule has 4 N–H and O–H groups in total. The molecule has 0 bridgehead atoms. The highest BCUT2D eigenvalue weighted by Gasteiger charge is 2.10. The molecule has 2 aromatic rings. The molecule has 1 aromatic heterocycles. The van der Waals surface area contributed by atoms with Gasteiger partial charge >= 0.3 is 0 Å². The van der Waals surface area contributed by atoms with Crippen LogP contribution in [0.15, 0.2) is 22.7 Å². The third kappa shape index (κ3) is 1.45. The lowest BCUT2D eigenvalue weighted by Gasteiger charge is -2.06. The lowest BCUT2D eigenvalue weighted by atomic mass is 10.1. The number of hydrogen-bond donors (Lipinski definition) is 3. The van der Waals surface area contributed by atoms with E-state index >= 15 is 0 Å². The smallest absolute Gasteiger partial charge is 0.130 e. The Morgan fingerprint density at radius 3 is 2.86 bits per heavy atom. The van der Waals surface area contributed by atoms with Crippen molar-refractivity contribution in [2.24, 2.45) is 5.73 Å². The predicted octanol–water partition coefficient (Wildman–Crippen LogP) is 2.19. The Balaban J connectivity index is 2.81. The first-order valence-electron chi connectivity index (χ1n) is 4.31. The number of halogens is 1. The van der Waals surface area contributed by atoms with Gasteiger partial charge in [0.1, 0.15) is 6.23 Å². The van der Waals surface area contributed by atoms with E-state index in [9.17, 15) is 5.11 Å². The van der Waals surface area contributed by atoms with E-state index in [-0.39, 0.29) is 0 Å². The average molecular weight is 255 g/mol. The van der Waals surface area contributed by atoms with E-state index in [4.69, 9.17) is 5.73 Å². The number of fused-ring (bicyclic) bond motifs is 1. The Hall–Kier alpha value is -0.840. The van der Waals surface area contributed by atoms with Gasteiger partial charge in [0.15, 0.2) is 0 Å². The molecule has 0 aliphatic carbocycles. The quantitative estimate of drug-likeness (QED) is 0.684. The van der Waals surface area contributed by atoms with Crippen LogP contribution in [0.4, 0.5) is 0 Å². The van der Waals surface area contributed by atoms with E-state index < -0.39 is 6.23 Å². The second-order valence-electron chi connectivity index (χ2n) is 3.32. The molecule has 0 aliphatic rings. The predicted molar refractivity (Wildman–Crippen MR) is 59.9 cm³/mol. The summed E-state index contributed by atoms with van der Waals surface area (Å²) in [6.45, 7) is 1.97. The summed E-state index contributed by atoms with van der Waals surface area (Å²) in [6.07, 6.45) is -0.941. The summed E-state index contributed by atoms with van der Waals surface area (Å²) in [4.78, 5) is 3.18. The summed E-state index contributed by atoms with van der Waals surface area (Å²) in [5.74, 6) is 0. The molecule has 2 rings (SSSR count). The molecule has 1 aromatic carbocycles. The number of rotatable bonds is 1. The molecule has 0 fully saturated rings. The molecular weight excluding hydrogens is 244 g/mol. The minimum absolute atomic E-state index is 0.719. The molecule has 0 saturated heterocycles. The van der Waals surface area contributed by atoms with Crippen LogP contribution in [0.25, 0.3) is 10.9 Å². The fourth-order valence-electron chi connectivity index (χ4n) is 1.59. The van der Waals surface area contributed by atoms with Crippen molar-refractivity contribution < 1.29 is 5.11 Å². The van der Waals surface area contributed by atoms with Crippen LogP contribution in [0.5, 0.6) is 0 Å². The number of aromatic amines is 1. The Morgan fingerprint density at radius 2 is 2.21 bits per heavy atom. The van der Waals surface area contributed by atoms with Crippen molar-refractivity contribution in [2.45, 2.75) is 13.2 Å². The maximum absolute atomic E-state index is 9.36. The Morgan fingerprint density at radius 1 is 1.50 bits per heavy atom. The first-order chi connectivity index (χ1) is 6.59. The largest absolute Gasteiger partial charge is 0.374 e. The van der Waals surface area contributed by atoms with Gasteiger partial charge in [-0.1, -0.05) is 22.0 Å². The van der Waals surface area contributed by atoms with E-state index in [0.717, 1.165) is 26.6 Å². The lowest BCUT2D eigenvalue weighted by molar-refractivity contribution is 0.187. The van der Waals surface area contributed by atoms with Gasteiger partial charge in [-0.3, -0.25) is 0 Å². The Labute approximate surface area is 90.1 Å². The fraction of sp³-hybridized carbons (Fsp3) is 0.200. The van der Waals surface area contributed by atoms with E-state index in [1.54, 1.807) is 0 Å². The van der Waals surface area contributed by atoms with Crippen LogP contribution in [0.1, 0.15) is 17.5 Å². The molecule has 1 atom stereocenters. The van der Waals surface area contributed by atoms with Gasteiger partial charge in [0.05, 0.1) is 5.52 Å². The highest BCUT2D eigenvalue weighted by atomic mass is 79.9. The minimum Gasteiger partial charge on any atom is -0.374 e. The molecular formula is C10H11BrN2O.